The summed E-state index contributed by atoms with van der Waals surface area (Å²) < 4.78 is 2.36. The van der Waals surface area contributed by atoms with Crippen LogP contribution in [0.2, 0.25) is 0 Å². The Morgan fingerprint density at radius 3 is 1.72 bits per heavy atom. The van der Waals surface area contributed by atoms with Crippen LogP contribution in [0.4, 0.5) is 0 Å². The molecule has 0 radical (unpaired) electrons. The van der Waals surface area contributed by atoms with Gasteiger partial charge in [-0.05, 0) is 97.0 Å². The summed E-state index contributed by atoms with van der Waals surface area (Å²) in [5.74, 6) is 0.688. The monoisotopic (exact) mass is 775 g/mol. The average Bonchev–Trinajstić information content (AvgIpc) is 3.67. The first-order valence-corrected chi connectivity index (χ1v) is 20.8. The molecule has 61 heavy (non-hydrogen) atoms. The van der Waals surface area contributed by atoms with Gasteiger partial charge in [-0.25, -0.2) is 9.97 Å². The first-order valence-electron chi connectivity index (χ1n) is 20.8. The quantitative estimate of drug-likeness (QED) is 0.124. The van der Waals surface area contributed by atoms with Crippen LogP contribution in [0.15, 0.2) is 224 Å². The van der Waals surface area contributed by atoms with Gasteiger partial charge >= 0.3 is 0 Å². The van der Waals surface area contributed by atoms with Crippen LogP contribution >= 0.6 is 0 Å². The molecule has 0 spiro atoms. The minimum atomic E-state index is 0.688. The molecule has 0 amide bonds. The van der Waals surface area contributed by atoms with Crippen molar-refractivity contribution in [1.82, 2.24) is 14.5 Å². The van der Waals surface area contributed by atoms with Crippen LogP contribution in [-0.2, 0) is 0 Å². The van der Waals surface area contributed by atoms with Gasteiger partial charge in [-0.15, -0.1) is 0 Å². The molecule has 0 aliphatic heterocycles. The van der Waals surface area contributed by atoms with Crippen LogP contribution in [0.1, 0.15) is 0 Å². The van der Waals surface area contributed by atoms with Crippen molar-refractivity contribution in [3.8, 4) is 61.8 Å². The summed E-state index contributed by atoms with van der Waals surface area (Å²) >= 11 is 0. The fourth-order valence-electron chi connectivity index (χ4n) is 9.34. The highest BCUT2D eigenvalue weighted by molar-refractivity contribution is 6.20. The third-order valence-corrected chi connectivity index (χ3v) is 12.2. The largest absolute Gasteiger partial charge is 0.309 e. The predicted molar refractivity (Wildman–Crippen MR) is 256 cm³/mol. The molecular weight excluding hydrogens is 739 g/mol. The van der Waals surface area contributed by atoms with E-state index < -0.39 is 0 Å². The Morgan fingerprint density at radius 1 is 0.295 bits per heavy atom. The molecule has 10 aromatic carbocycles. The Bertz CT molecular complexity index is 3620. The van der Waals surface area contributed by atoms with Gasteiger partial charge in [-0.3, -0.25) is 0 Å². The number of rotatable bonds is 6. The van der Waals surface area contributed by atoms with E-state index >= 15 is 0 Å². The van der Waals surface area contributed by atoms with Crippen LogP contribution in [0.5, 0.6) is 0 Å². The van der Waals surface area contributed by atoms with E-state index in [9.17, 15) is 0 Å². The number of benzene rings is 10. The van der Waals surface area contributed by atoms with Crippen molar-refractivity contribution in [2.45, 2.75) is 0 Å². The molecule has 12 rings (SSSR count). The maximum absolute atomic E-state index is 5.36. The van der Waals surface area contributed by atoms with Crippen LogP contribution in [0.25, 0.3) is 116 Å². The van der Waals surface area contributed by atoms with E-state index in [1.807, 2.05) is 6.07 Å². The van der Waals surface area contributed by atoms with Crippen LogP contribution in [0, 0.1) is 0 Å². The Balaban J connectivity index is 1.00. The predicted octanol–water partition coefficient (Wildman–Crippen LogP) is 15.4. The van der Waals surface area contributed by atoms with E-state index in [1.165, 1.54) is 59.7 Å². The summed E-state index contributed by atoms with van der Waals surface area (Å²) in [6.45, 7) is 0. The van der Waals surface area contributed by atoms with Crippen LogP contribution in [0.3, 0.4) is 0 Å². The summed E-state index contributed by atoms with van der Waals surface area (Å²) in [4.78, 5) is 10.6. The van der Waals surface area contributed by atoms with Gasteiger partial charge in [-0.1, -0.05) is 182 Å². The summed E-state index contributed by atoms with van der Waals surface area (Å²) in [5, 5.41) is 9.93. The van der Waals surface area contributed by atoms with Gasteiger partial charge in [0.2, 0.25) is 0 Å². The molecular formula is C58H37N3. The molecule has 0 fully saturated rings. The normalized spacial score (nSPS) is 11.6. The Morgan fingerprint density at radius 2 is 0.902 bits per heavy atom. The zero-order valence-electron chi connectivity index (χ0n) is 33.2. The highest BCUT2D eigenvalue weighted by Gasteiger charge is 2.18. The maximum atomic E-state index is 5.36. The molecule has 0 saturated heterocycles. The number of para-hydroxylation sites is 2. The highest BCUT2D eigenvalue weighted by Crippen LogP contribution is 2.41. The van der Waals surface area contributed by atoms with Gasteiger partial charge in [0, 0.05) is 33.2 Å². The molecule has 0 atom stereocenters. The molecule has 0 aliphatic carbocycles. The van der Waals surface area contributed by atoms with E-state index in [2.05, 4.69) is 223 Å². The molecule has 12 aromatic rings. The average molecular weight is 776 g/mol. The summed E-state index contributed by atoms with van der Waals surface area (Å²) in [5.41, 5.74) is 13.0. The van der Waals surface area contributed by atoms with Crippen molar-refractivity contribution in [1.29, 1.82) is 0 Å². The number of fused-ring (bicyclic) bond motifs is 7. The lowest BCUT2D eigenvalue weighted by Gasteiger charge is -2.15. The topological polar surface area (TPSA) is 30.7 Å². The van der Waals surface area contributed by atoms with E-state index in [0.29, 0.717) is 5.82 Å². The fourth-order valence-corrected chi connectivity index (χ4v) is 9.34. The van der Waals surface area contributed by atoms with Gasteiger partial charge in [-0.2, -0.15) is 0 Å². The van der Waals surface area contributed by atoms with Gasteiger partial charge < -0.3 is 4.57 Å². The molecule has 0 aliphatic rings. The van der Waals surface area contributed by atoms with Gasteiger partial charge in [0.1, 0.15) is 0 Å². The van der Waals surface area contributed by atoms with Crippen LogP contribution in [-0.4, -0.2) is 14.5 Å². The smallest absolute Gasteiger partial charge is 0.160 e. The maximum Gasteiger partial charge on any atom is 0.160 e. The molecule has 3 nitrogen and oxygen atoms in total. The van der Waals surface area contributed by atoms with Gasteiger partial charge in [0.05, 0.1) is 22.4 Å². The Hall–Kier alpha value is -8.14. The molecule has 284 valence electrons. The zero-order valence-corrected chi connectivity index (χ0v) is 33.2. The van der Waals surface area contributed by atoms with Crippen molar-refractivity contribution < 1.29 is 0 Å². The van der Waals surface area contributed by atoms with Crippen molar-refractivity contribution in [3.05, 3.63) is 224 Å². The second-order valence-electron chi connectivity index (χ2n) is 15.7. The van der Waals surface area contributed by atoms with E-state index in [-0.39, 0.29) is 0 Å². The lowest BCUT2D eigenvalue weighted by atomic mass is 9.89. The van der Waals surface area contributed by atoms with Crippen molar-refractivity contribution in [2.75, 3.05) is 0 Å². The number of hydrogen-bond donors (Lipinski definition) is 0. The third kappa shape index (κ3) is 5.90. The molecule has 0 bridgehead atoms. The van der Waals surface area contributed by atoms with Crippen molar-refractivity contribution in [3.63, 3.8) is 0 Å². The minimum absolute atomic E-state index is 0.688. The SMILES string of the molecule is c1ccc(-c2cc(-c3ccccc3-c3ccc4c(c3)c3ccccc3n4-c3ccccc3)nc(-c3ccc(-c4c5ccccc5cc5c4ccc4ccccc45)cc3)n2)cc1. The zero-order chi connectivity index (χ0) is 40.3. The molecule has 0 unspecified atom stereocenters. The van der Waals surface area contributed by atoms with Crippen molar-refractivity contribution >= 4 is 54.1 Å². The second-order valence-corrected chi connectivity index (χ2v) is 15.7. The third-order valence-electron chi connectivity index (χ3n) is 12.2. The van der Waals surface area contributed by atoms with E-state index in [0.717, 1.165) is 50.5 Å². The Labute approximate surface area is 353 Å². The second kappa shape index (κ2) is 14.3. The number of hydrogen-bond acceptors (Lipinski definition) is 2. The molecule has 0 saturated carbocycles. The summed E-state index contributed by atoms with van der Waals surface area (Å²) in [7, 11) is 0. The lowest BCUT2D eigenvalue weighted by Crippen LogP contribution is -1.97. The first kappa shape index (κ1) is 34.9. The minimum Gasteiger partial charge on any atom is -0.309 e. The molecule has 0 N–H and O–H groups in total. The van der Waals surface area contributed by atoms with Crippen LogP contribution < -0.4 is 0 Å². The number of aromatic nitrogens is 3. The molecule has 3 heteroatoms. The molecule has 2 aromatic heterocycles. The lowest BCUT2D eigenvalue weighted by molar-refractivity contribution is 1.18. The number of nitrogens with zero attached hydrogens (tertiary/aromatic N) is 3. The first-order chi connectivity index (χ1) is 30.2. The van der Waals surface area contributed by atoms with Gasteiger partial charge in [0.15, 0.2) is 5.82 Å². The summed E-state index contributed by atoms with van der Waals surface area (Å²) in [6, 6.07) is 80.4. The fraction of sp³-hybridized carbons (Fsp3) is 0. The standard InChI is InChI=1S/C58H37N3/c1-3-16-39(17-4-1)53-37-54(48-24-12-11-22-46(48)43-32-34-56-52(36-43)49-25-13-14-26-55(49)61(56)44-19-5-2-6-20-44)60-58(59-53)41-29-27-40(28-30-41)57-47-23-10-8-18-42(47)35-51-45-21-9-7-15-38(45)31-33-50(51)57/h1-37H. The highest BCUT2D eigenvalue weighted by atomic mass is 15.0. The van der Waals surface area contributed by atoms with E-state index in [4.69, 9.17) is 9.97 Å². The van der Waals surface area contributed by atoms with E-state index in [1.54, 1.807) is 0 Å². The van der Waals surface area contributed by atoms with Crippen molar-refractivity contribution in [2.24, 2.45) is 0 Å². The summed E-state index contributed by atoms with van der Waals surface area (Å²) in [6.07, 6.45) is 0. The van der Waals surface area contributed by atoms with Gasteiger partial charge in [0.25, 0.3) is 0 Å². The Kier molecular flexibility index (Phi) is 8.17. The molecule has 2 heterocycles.